The van der Waals surface area contributed by atoms with Gasteiger partial charge in [-0.2, -0.15) is 0 Å². The fraction of sp³-hybridized carbons (Fsp3) is 0.391. The fourth-order valence-electron chi connectivity index (χ4n) is 3.89. The lowest BCUT2D eigenvalue weighted by atomic mass is 10.1. The number of amides is 1. The lowest BCUT2D eigenvalue weighted by Crippen LogP contribution is -2.41. The van der Waals surface area contributed by atoms with Crippen LogP contribution in [0.5, 0.6) is 0 Å². The Bertz CT molecular complexity index is 1250. The van der Waals surface area contributed by atoms with Crippen LogP contribution in [0.4, 0.5) is 10.8 Å². The molecule has 9 heteroatoms. The number of thiazole rings is 1. The number of nitrogens with one attached hydrogen (secondary N) is 1. The molecule has 0 spiro atoms. The number of hydrogen-bond donors (Lipinski definition) is 1. The molecular formula is C23H27N5O3S. The van der Waals surface area contributed by atoms with Crippen LogP contribution < -0.4 is 21.5 Å². The van der Waals surface area contributed by atoms with Gasteiger partial charge < -0.3 is 10.2 Å². The van der Waals surface area contributed by atoms with Gasteiger partial charge in [-0.15, -0.1) is 6.58 Å². The molecule has 2 aromatic heterocycles. The predicted octanol–water partition coefficient (Wildman–Crippen LogP) is 3.00. The van der Waals surface area contributed by atoms with E-state index >= 15 is 0 Å². The standard InChI is InChI=1S/C23H27N5O3S/c1-3-12-27-21(30)19-20(25-22(32-19)26-13-6-5-7-14-26)28(23(27)31)15-18(29)24-17-10-8-16(4-2)9-11-17/h3,8-11H,1,4-7,12-15H2,2H3,(H,24,29). The largest absolute Gasteiger partial charge is 0.348 e. The second kappa shape index (κ2) is 9.52. The minimum absolute atomic E-state index is 0.0741. The number of piperidine rings is 1. The van der Waals surface area contributed by atoms with Gasteiger partial charge in [-0.1, -0.05) is 36.5 Å². The van der Waals surface area contributed by atoms with Crippen LogP contribution in [0.1, 0.15) is 31.7 Å². The molecule has 0 saturated carbocycles. The Kier molecular flexibility index (Phi) is 6.55. The molecule has 1 aliphatic heterocycles. The van der Waals surface area contributed by atoms with Crippen molar-refractivity contribution in [1.29, 1.82) is 0 Å². The zero-order chi connectivity index (χ0) is 22.7. The molecule has 1 amide bonds. The third-order valence-electron chi connectivity index (χ3n) is 5.64. The summed E-state index contributed by atoms with van der Waals surface area (Å²) in [5.74, 6) is -0.353. The molecule has 0 unspecified atom stereocenters. The molecule has 0 aliphatic carbocycles. The van der Waals surface area contributed by atoms with E-state index in [9.17, 15) is 14.4 Å². The topological polar surface area (TPSA) is 89.2 Å². The molecule has 32 heavy (non-hydrogen) atoms. The summed E-state index contributed by atoms with van der Waals surface area (Å²) in [6.45, 7) is 7.31. The molecule has 3 heterocycles. The third kappa shape index (κ3) is 4.38. The van der Waals surface area contributed by atoms with Gasteiger partial charge in [-0.25, -0.2) is 9.78 Å². The zero-order valence-corrected chi connectivity index (χ0v) is 19.0. The van der Waals surface area contributed by atoms with Crippen LogP contribution in [0.3, 0.4) is 0 Å². The molecule has 8 nitrogen and oxygen atoms in total. The van der Waals surface area contributed by atoms with Gasteiger partial charge in [0, 0.05) is 25.3 Å². The molecule has 1 aliphatic rings. The van der Waals surface area contributed by atoms with Crippen molar-refractivity contribution in [3.05, 3.63) is 63.3 Å². The molecule has 0 radical (unpaired) electrons. The van der Waals surface area contributed by atoms with E-state index in [1.807, 2.05) is 24.3 Å². The van der Waals surface area contributed by atoms with Crippen LogP contribution in [0, 0.1) is 0 Å². The van der Waals surface area contributed by atoms with Crippen molar-refractivity contribution < 1.29 is 4.79 Å². The smallest absolute Gasteiger partial charge is 0.333 e. The van der Waals surface area contributed by atoms with Gasteiger partial charge in [0.05, 0.1) is 0 Å². The second-order valence-corrected chi connectivity index (χ2v) is 8.85. The Morgan fingerprint density at radius 1 is 1.16 bits per heavy atom. The summed E-state index contributed by atoms with van der Waals surface area (Å²) in [4.78, 5) is 45.6. The highest BCUT2D eigenvalue weighted by Crippen LogP contribution is 2.28. The Labute approximate surface area is 189 Å². The number of allylic oxidation sites excluding steroid dienone is 1. The Morgan fingerprint density at radius 2 is 1.88 bits per heavy atom. The maximum absolute atomic E-state index is 13.1. The van der Waals surface area contributed by atoms with Crippen molar-refractivity contribution in [2.75, 3.05) is 23.3 Å². The van der Waals surface area contributed by atoms with Gasteiger partial charge in [0.25, 0.3) is 5.56 Å². The first-order valence-electron chi connectivity index (χ1n) is 10.9. The minimum Gasteiger partial charge on any atom is -0.348 e. The monoisotopic (exact) mass is 453 g/mol. The van der Waals surface area contributed by atoms with E-state index in [0.717, 1.165) is 42.1 Å². The molecule has 1 saturated heterocycles. The number of fused-ring (bicyclic) bond motifs is 1. The highest BCUT2D eigenvalue weighted by molar-refractivity contribution is 7.22. The number of nitrogens with zero attached hydrogens (tertiary/aromatic N) is 4. The van der Waals surface area contributed by atoms with E-state index in [1.54, 1.807) is 0 Å². The van der Waals surface area contributed by atoms with Gasteiger partial charge in [0.1, 0.15) is 11.2 Å². The normalized spacial score (nSPS) is 14.0. The van der Waals surface area contributed by atoms with Crippen molar-refractivity contribution in [3.8, 4) is 0 Å². The Hall–Kier alpha value is -3.20. The first-order chi connectivity index (χ1) is 15.5. The van der Waals surface area contributed by atoms with Crippen LogP contribution in [0.15, 0.2) is 46.5 Å². The summed E-state index contributed by atoms with van der Waals surface area (Å²) >= 11 is 1.28. The molecule has 4 rings (SSSR count). The number of hydrogen-bond acceptors (Lipinski definition) is 6. The number of carbonyl (C=O) groups is 1. The number of rotatable bonds is 7. The van der Waals surface area contributed by atoms with E-state index in [4.69, 9.17) is 0 Å². The minimum atomic E-state index is -0.561. The summed E-state index contributed by atoms with van der Waals surface area (Å²) in [5, 5.41) is 3.55. The van der Waals surface area contributed by atoms with Gasteiger partial charge >= 0.3 is 5.69 Å². The zero-order valence-electron chi connectivity index (χ0n) is 18.2. The van der Waals surface area contributed by atoms with Crippen LogP contribution in [0.2, 0.25) is 0 Å². The molecule has 3 aromatic rings. The highest BCUT2D eigenvalue weighted by Gasteiger charge is 2.22. The Morgan fingerprint density at radius 3 is 2.53 bits per heavy atom. The second-order valence-electron chi connectivity index (χ2n) is 7.87. The number of aryl methyl sites for hydroxylation is 1. The van der Waals surface area contributed by atoms with E-state index in [-0.39, 0.29) is 24.6 Å². The SMILES string of the molecule is C=CCn1c(=O)c2sc(N3CCCCC3)nc2n(CC(=O)Nc2ccc(CC)cc2)c1=O. The molecule has 168 valence electrons. The quantitative estimate of drug-likeness (QED) is 0.556. The average molecular weight is 454 g/mol. The summed E-state index contributed by atoms with van der Waals surface area (Å²) in [6.07, 6.45) is 5.74. The van der Waals surface area contributed by atoms with Gasteiger partial charge in [-0.05, 0) is 43.4 Å². The lowest BCUT2D eigenvalue weighted by molar-refractivity contribution is -0.116. The van der Waals surface area contributed by atoms with Crippen molar-refractivity contribution in [1.82, 2.24) is 14.1 Å². The first kappa shape index (κ1) is 22.0. The van der Waals surface area contributed by atoms with Gasteiger partial charge in [0.2, 0.25) is 5.91 Å². The van der Waals surface area contributed by atoms with E-state index in [1.165, 1.54) is 34.0 Å². The van der Waals surface area contributed by atoms with E-state index in [0.29, 0.717) is 10.4 Å². The molecule has 1 aromatic carbocycles. The summed E-state index contributed by atoms with van der Waals surface area (Å²) in [6, 6.07) is 7.58. The van der Waals surface area contributed by atoms with E-state index < -0.39 is 11.2 Å². The van der Waals surface area contributed by atoms with Crippen molar-refractivity contribution >= 4 is 38.4 Å². The molecule has 1 N–H and O–H groups in total. The van der Waals surface area contributed by atoms with Crippen LogP contribution in [0.25, 0.3) is 10.3 Å². The van der Waals surface area contributed by atoms with E-state index in [2.05, 4.69) is 28.7 Å². The van der Waals surface area contributed by atoms with Crippen LogP contribution in [-0.2, 0) is 24.3 Å². The van der Waals surface area contributed by atoms with Crippen molar-refractivity contribution in [2.24, 2.45) is 0 Å². The number of anilines is 2. The van der Waals surface area contributed by atoms with Crippen molar-refractivity contribution in [2.45, 2.75) is 45.7 Å². The summed E-state index contributed by atoms with van der Waals surface area (Å²) in [5.41, 5.74) is 1.14. The van der Waals surface area contributed by atoms with Crippen molar-refractivity contribution in [3.63, 3.8) is 0 Å². The fourth-order valence-corrected chi connectivity index (χ4v) is 4.96. The highest BCUT2D eigenvalue weighted by atomic mass is 32.1. The van der Waals surface area contributed by atoms with Crippen LogP contribution in [-0.4, -0.2) is 33.1 Å². The predicted molar refractivity (Wildman–Crippen MR) is 129 cm³/mol. The first-order valence-corrected chi connectivity index (χ1v) is 11.7. The maximum Gasteiger partial charge on any atom is 0.333 e. The average Bonchev–Trinajstić information content (AvgIpc) is 3.26. The van der Waals surface area contributed by atoms with Gasteiger partial charge in [0.15, 0.2) is 10.8 Å². The third-order valence-corrected chi connectivity index (χ3v) is 6.73. The number of aromatic nitrogens is 3. The van der Waals surface area contributed by atoms with Crippen LogP contribution >= 0.6 is 11.3 Å². The lowest BCUT2D eigenvalue weighted by Gasteiger charge is -2.25. The Balaban J connectivity index is 1.71. The summed E-state index contributed by atoms with van der Waals surface area (Å²) in [7, 11) is 0. The summed E-state index contributed by atoms with van der Waals surface area (Å²) < 4.78 is 2.78. The molecule has 0 bridgehead atoms. The number of benzene rings is 1. The number of carbonyl (C=O) groups excluding carboxylic acids is 1. The maximum atomic E-state index is 13.1. The van der Waals surface area contributed by atoms with Gasteiger partial charge in [-0.3, -0.25) is 18.7 Å². The molecule has 1 fully saturated rings. The molecular weight excluding hydrogens is 426 g/mol. The molecule has 0 atom stereocenters.